The maximum absolute atomic E-state index is 10.3. The number of nitro benzene ring substituents is 1. The summed E-state index contributed by atoms with van der Waals surface area (Å²) in [5.74, 6) is 1.71. The molecule has 0 aromatic heterocycles. The van der Waals surface area contributed by atoms with Crippen molar-refractivity contribution >= 4 is 5.69 Å². The van der Waals surface area contributed by atoms with E-state index in [-0.39, 0.29) is 24.2 Å². The molecule has 0 aliphatic carbocycles. The molecule has 0 fully saturated rings. The molecule has 0 spiro atoms. The molecule has 0 aliphatic heterocycles. The molecule has 0 bridgehead atoms. The normalized spacial score (nSPS) is 10.6. The Morgan fingerprint density at radius 1 is 0.515 bits per heavy atom. The molecule has 1 N–H and O–H groups in total. The molecule has 4 rings (SSSR count). The predicted molar refractivity (Wildman–Crippen MR) is 278 cm³/mol. The van der Waals surface area contributed by atoms with Crippen LogP contribution in [0.2, 0.25) is 0 Å². The quantitative estimate of drug-likeness (QED) is 0.0267. The summed E-state index contributed by atoms with van der Waals surface area (Å²) in [6.45, 7) is 4.42. The van der Waals surface area contributed by atoms with E-state index in [4.69, 9.17) is 20.5 Å². The fourth-order valence-corrected chi connectivity index (χ4v) is 6.82. The molecule has 9 nitrogen and oxygen atoms in total. The average molecular weight is 916 g/mol. The van der Waals surface area contributed by atoms with Crippen LogP contribution in [0.5, 0.6) is 17.2 Å². The lowest BCUT2D eigenvalue weighted by Crippen LogP contribution is -1.91. The van der Waals surface area contributed by atoms with Gasteiger partial charge < -0.3 is 9.84 Å². The van der Waals surface area contributed by atoms with Crippen LogP contribution in [0.1, 0.15) is 170 Å². The average Bonchev–Trinajstić information content (AvgIpc) is 3.34. The van der Waals surface area contributed by atoms with Gasteiger partial charge in [-0.3, -0.25) is 10.1 Å². The van der Waals surface area contributed by atoms with Crippen molar-refractivity contribution < 1.29 is 14.8 Å². The molecule has 4 aromatic rings. The summed E-state index contributed by atoms with van der Waals surface area (Å²) < 4.78 is 5.91. The number of aromatic hydroxyl groups is 1. The number of phenols is 1. The molecule has 0 atom stereocenters. The number of unbranched alkanes of at least 4 members (excludes halogenated alkanes) is 12. The van der Waals surface area contributed by atoms with Crippen LogP contribution in [0, 0.1) is 55.4 Å². The van der Waals surface area contributed by atoms with E-state index in [1.54, 1.807) is 36.4 Å². The van der Waals surface area contributed by atoms with Gasteiger partial charge in [0.25, 0.3) is 5.69 Å². The van der Waals surface area contributed by atoms with E-state index in [0.29, 0.717) is 22.6 Å². The summed E-state index contributed by atoms with van der Waals surface area (Å²) in [4.78, 5) is 9.67. The highest BCUT2D eigenvalue weighted by molar-refractivity contribution is 5.52. The minimum Gasteiger partial charge on any atom is -0.508 e. The predicted octanol–water partition coefficient (Wildman–Crippen LogP) is 17.0. The maximum atomic E-state index is 10.3. The van der Waals surface area contributed by atoms with Gasteiger partial charge in [0.15, 0.2) is 0 Å². The van der Waals surface area contributed by atoms with Crippen molar-refractivity contribution in [2.24, 2.45) is 0 Å². The van der Waals surface area contributed by atoms with Crippen LogP contribution in [0.3, 0.4) is 0 Å². The molecule has 0 heterocycles. The first-order valence-electron chi connectivity index (χ1n) is 24.0. The first kappa shape index (κ1) is 58.8. The SMILES string of the molecule is C.CCC/C=C/C/C=C/CCCCCCCc1cccc(O)c1.CCC/C=C/C/C=C/CCCCCCCc1cccc(Oc2ccc(C#N)c(C#N)c2)c1.N#Cc1ccc([N+](=O)[O-])cc1C#N. The number of hydrogen-bond donors (Lipinski definition) is 1. The molecule has 0 saturated carbocycles. The molecule has 0 radical (unpaired) electrons. The molecule has 0 unspecified atom stereocenters. The van der Waals surface area contributed by atoms with Gasteiger partial charge in [-0.2, -0.15) is 21.0 Å². The van der Waals surface area contributed by atoms with Crippen LogP contribution in [0.25, 0.3) is 0 Å². The molecule has 68 heavy (non-hydrogen) atoms. The fraction of sp³-hybridized carbons (Fsp3) is 0.390. The van der Waals surface area contributed by atoms with Crippen molar-refractivity contribution in [2.75, 3.05) is 0 Å². The van der Waals surface area contributed by atoms with Crippen molar-refractivity contribution in [3.63, 3.8) is 0 Å². The van der Waals surface area contributed by atoms with E-state index in [0.717, 1.165) is 37.5 Å². The van der Waals surface area contributed by atoms with Crippen molar-refractivity contribution in [3.8, 4) is 41.5 Å². The summed E-state index contributed by atoms with van der Waals surface area (Å²) in [5, 5.41) is 54.9. The first-order valence-corrected chi connectivity index (χ1v) is 24.0. The van der Waals surface area contributed by atoms with Gasteiger partial charge in [-0.05, 0) is 137 Å². The minimum atomic E-state index is -0.609. The molecule has 0 amide bonds. The number of hydrogen-bond acceptors (Lipinski definition) is 8. The van der Waals surface area contributed by atoms with E-state index in [2.05, 4.69) is 80.7 Å². The largest absolute Gasteiger partial charge is 0.508 e. The highest BCUT2D eigenvalue weighted by Gasteiger charge is 2.10. The van der Waals surface area contributed by atoms with Crippen LogP contribution >= 0.6 is 0 Å². The van der Waals surface area contributed by atoms with Crippen molar-refractivity contribution in [2.45, 2.75) is 150 Å². The Balaban J connectivity index is 0.000000555. The second-order valence-electron chi connectivity index (χ2n) is 16.1. The van der Waals surface area contributed by atoms with E-state index in [1.165, 1.54) is 126 Å². The van der Waals surface area contributed by atoms with E-state index >= 15 is 0 Å². The Morgan fingerprint density at radius 3 is 1.46 bits per heavy atom. The zero-order valence-electron chi connectivity index (χ0n) is 39.8. The third-order valence-electron chi connectivity index (χ3n) is 10.5. The lowest BCUT2D eigenvalue weighted by molar-refractivity contribution is -0.384. The van der Waals surface area contributed by atoms with E-state index in [1.807, 2.05) is 36.4 Å². The monoisotopic (exact) mass is 916 g/mol. The Bertz CT molecular complexity index is 2330. The Morgan fingerprint density at radius 2 is 0.956 bits per heavy atom. The third-order valence-corrected chi connectivity index (χ3v) is 10.5. The zero-order valence-corrected chi connectivity index (χ0v) is 39.8. The Hall–Kier alpha value is -7.20. The molecule has 9 heteroatoms. The lowest BCUT2D eigenvalue weighted by Gasteiger charge is -2.08. The standard InChI is InChI=1S/C29H34N2O.C21H32O.C8H3N3O2.CH4/c1-2-3-4-5-6-7-8-9-10-11-12-13-14-16-25-17-15-18-28(21-25)32-29-20-19-26(23-30)27(22-29)24-31;1-2-3-4-5-6-7-8-9-10-11-12-13-14-16-20-17-15-18-21(22)19-20;9-4-6-1-2-8(11(12)13)3-7(6)5-10;/h4-5,7-8,15,17-22H,2-3,6,9-14,16H2,1H3;4-5,7-8,15,17-19,22H,2-3,6,9-14,16H2,1H3;1-3H;1H4/b2*5-4+,8-7+;;. The number of non-ortho nitro benzene ring substituents is 1. The highest BCUT2D eigenvalue weighted by Crippen LogP contribution is 2.25. The number of nitro groups is 1. The summed E-state index contributed by atoms with van der Waals surface area (Å²) in [6, 6.07) is 31.8. The third kappa shape index (κ3) is 27.3. The van der Waals surface area contributed by atoms with Gasteiger partial charge in [0.1, 0.15) is 41.5 Å². The molecule has 0 aliphatic rings. The summed E-state index contributed by atoms with van der Waals surface area (Å²) in [5.41, 5.74) is 3.19. The van der Waals surface area contributed by atoms with Crippen LogP contribution < -0.4 is 4.74 Å². The van der Waals surface area contributed by atoms with Gasteiger partial charge in [-0.1, -0.05) is 146 Å². The highest BCUT2D eigenvalue weighted by atomic mass is 16.6. The fourth-order valence-electron chi connectivity index (χ4n) is 6.82. The molecular weight excluding hydrogens is 843 g/mol. The first-order chi connectivity index (χ1) is 32.8. The zero-order chi connectivity index (χ0) is 48.6. The molecule has 358 valence electrons. The second kappa shape index (κ2) is 39.0. The maximum Gasteiger partial charge on any atom is 0.270 e. The number of benzene rings is 4. The Labute approximate surface area is 408 Å². The number of rotatable bonds is 27. The van der Waals surface area contributed by atoms with E-state index in [9.17, 15) is 20.5 Å². The van der Waals surface area contributed by atoms with Crippen molar-refractivity contribution in [3.05, 3.63) is 177 Å². The van der Waals surface area contributed by atoms with Crippen LogP contribution in [-0.4, -0.2) is 10.0 Å². The van der Waals surface area contributed by atoms with Gasteiger partial charge >= 0.3 is 0 Å². The number of allylic oxidation sites excluding steroid dienone is 8. The summed E-state index contributed by atoms with van der Waals surface area (Å²) >= 11 is 0. The number of ether oxygens (including phenoxy) is 1. The topological polar surface area (TPSA) is 168 Å². The van der Waals surface area contributed by atoms with Crippen LogP contribution in [-0.2, 0) is 12.8 Å². The number of nitriles is 4. The second-order valence-corrected chi connectivity index (χ2v) is 16.1. The smallest absolute Gasteiger partial charge is 0.270 e. The molecular formula is C59H73N5O4. The van der Waals surface area contributed by atoms with Gasteiger partial charge in [-0.25, -0.2) is 0 Å². The van der Waals surface area contributed by atoms with Gasteiger partial charge in [0.2, 0.25) is 0 Å². The molecule has 4 aromatic carbocycles. The van der Waals surface area contributed by atoms with Crippen LogP contribution in [0.15, 0.2) is 134 Å². The number of phenolic OH excluding ortho intramolecular Hbond substituents is 1. The van der Waals surface area contributed by atoms with E-state index < -0.39 is 4.92 Å². The van der Waals surface area contributed by atoms with Gasteiger partial charge in [-0.15, -0.1) is 0 Å². The number of aryl methyl sites for hydroxylation is 2. The van der Waals surface area contributed by atoms with Crippen molar-refractivity contribution in [1.82, 2.24) is 0 Å². The van der Waals surface area contributed by atoms with Gasteiger partial charge in [0, 0.05) is 12.1 Å². The Kier molecular flexibility index (Phi) is 33.7. The summed E-state index contributed by atoms with van der Waals surface area (Å²) in [7, 11) is 0. The summed E-state index contributed by atoms with van der Waals surface area (Å²) in [6.07, 6.45) is 42.5. The lowest BCUT2D eigenvalue weighted by atomic mass is 10.0. The van der Waals surface area contributed by atoms with Crippen LogP contribution in [0.4, 0.5) is 5.69 Å². The minimum absolute atomic E-state index is 0. The van der Waals surface area contributed by atoms with Gasteiger partial charge in [0.05, 0.1) is 27.2 Å². The van der Waals surface area contributed by atoms with Crippen molar-refractivity contribution in [1.29, 1.82) is 21.0 Å². The number of nitrogens with zero attached hydrogens (tertiary/aromatic N) is 5. The molecule has 0 saturated heterocycles.